The van der Waals surface area contributed by atoms with E-state index in [-0.39, 0.29) is 18.4 Å². The topological polar surface area (TPSA) is 87.1 Å². The van der Waals surface area contributed by atoms with Crippen molar-refractivity contribution in [2.45, 2.75) is 51.7 Å². The van der Waals surface area contributed by atoms with Crippen LogP contribution < -0.4 is 20.7 Å². The van der Waals surface area contributed by atoms with Crippen LogP contribution in [0.1, 0.15) is 44.0 Å². The summed E-state index contributed by atoms with van der Waals surface area (Å²) < 4.78 is 1.42. The molecule has 2 unspecified atom stereocenters. The van der Waals surface area contributed by atoms with Gasteiger partial charge in [0.25, 0.3) is 5.56 Å². The summed E-state index contributed by atoms with van der Waals surface area (Å²) in [6, 6.07) is 17.3. The Labute approximate surface area is 194 Å². The van der Waals surface area contributed by atoms with Gasteiger partial charge in [-0.3, -0.25) is 9.89 Å². The van der Waals surface area contributed by atoms with Crippen molar-refractivity contribution in [2.24, 2.45) is 5.92 Å². The number of para-hydroxylation sites is 2. The zero-order valence-corrected chi connectivity index (χ0v) is 18.7. The smallest absolute Gasteiger partial charge is 0.274 e. The van der Waals surface area contributed by atoms with E-state index in [4.69, 9.17) is 0 Å². The molecule has 1 aliphatic heterocycles. The second-order valence-corrected chi connectivity index (χ2v) is 9.41. The van der Waals surface area contributed by atoms with Crippen molar-refractivity contribution in [1.82, 2.24) is 9.78 Å². The molecule has 0 saturated heterocycles. The molecule has 2 aromatic carbocycles. The van der Waals surface area contributed by atoms with Crippen molar-refractivity contribution in [3.05, 3.63) is 93.5 Å². The molecule has 0 amide bonds. The van der Waals surface area contributed by atoms with E-state index in [0.717, 1.165) is 11.4 Å². The van der Waals surface area contributed by atoms with Crippen molar-refractivity contribution in [3.63, 3.8) is 0 Å². The van der Waals surface area contributed by atoms with E-state index in [1.165, 1.54) is 10.2 Å². The number of aromatic nitrogens is 2. The van der Waals surface area contributed by atoms with E-state index in [0.29, 0.717) is 16.9 Å². The summed E-state index contributed by atoms with van der Waals surface area (Å²) in [7, 11) is 1.98. The fraction of sp³-hybridized carbons (Fsp3) is 0.370. The molecule has 3 aromatic rings. The minimum absolute atomic E-state index is 0. The molecule has 6 nitrogen and oxygen atoms in total. The van der Waals surface area contributed by atoms with E-state index in [1.807, 2.05) is 55.6 Å². The summed E-state index contributed by atoms with van der Waals surface area (Å²) in [5.41, 5.74) is 4.24. The van der Waals surface area contributed by atoms with Crippen LogP contribution in [0, 0.1) is 12.8 Å². The molecule has 2 heterocycles. The first-order valence-corrected chi connectivity index (χ1v) is 11.0. The molecule has 1 aliphatic carbocycles. The Hall–Kier alpha value is -3.09. The number of nitrogens with one attached hydrogen (secondary N) is 1. The molecule has 0 radical (unpaired) electrons. The Bertz CT molecular complexity index is 1250. The van der Waals surface area contributed by atoms with Gasteiger partial charge in [-0.1, -0.05) is 63.7 Å². The number of fused-ring (bicyclic) bond motifs is 1. The van der Waals surface area contributed by atoms with Crippen molar-refractivity contribution in [1.29, 1.82) is 0 Å². The first-order valence-electron chi connectivity index (χ1n) is 11.0. The molecule has 0 bridgehead atoms. The van der Waals surface area contributed by atoms with Gasteiger partial charge in [0.15, 0.2) is 0 Å². The zero-order valence-electron chi connectivity index (χ0n) is 18.7. The highest BCUT2D eigenvalue weighted by atomic mass is 16.3. The minimum atomic E-state index is -1.15. The monoisotopic (exact) mass is 445 g/mol. The van der Waals surface area contributed by atoms with Crippen LogP contribution in [0.15, 0.2) is 71.2 Å². The average Bonchev–Trinajstić information content (AvgIpc) is 3.18. The van der Waals surface area contributed by atoms with Crippen LogP contribution in [0.4, 0.5) is 5.69 Å². The molecule has 33 heavy (non-hydrogen) atoms. The lowest BCUT2D eigenvalue weighted by Gasteiger charge is -2.60. The van der Waals surface area contributed by atoms with Crippen LogP contribution in [0.25, 0.3) is 5.69 Å². The fourth-order valence-electron chi connectivity index (χ4n) is 5.42. The summed E-state index contributed by atoms with van der Waals surface area (Å²) in [6.45, 7) is 5.99. The van der Waals surface area contributed by atoms with Crippen LogP contribution in [0.2, 0.25) is 0 Å². The van der Waals surface area contributed by atoms with E-state index in [9.17, 15) is 15.0 Å². The highest BCUT2D eigenvalue weighted by Crippen LogP contribution is 2.49. The first-order chi connectivity index (χ1) is 15.2. The molecular formula is C27H31N3O3-2. The van der Waals surface area contributed by atoms with Crippen molar-refractivity contribution in [2.75, 3.05) is 11.9 Å². The third kappa shape index (κ3) is 3.28. The van der Waals surface area contributed by atoms with Gasteiger partial charge in [-0.15, -0.1) is 12.2 Å². The van der Waals surface area contributed by atoms with Gasteiger partial charge in [0, 0.05) is 35.1 Å². The Morgan fingerprint density at radius 2 is 1.61 bits per heavy atom. The standard InChI is InChI=1S/C26H27N3O3.CH4/c1-15-21(25(32)29(27-15)16-10-6-5-7-11-16)22-23(30)17(24(22)31)14-20-26(2,3)18-12-8-9-13-19(18)28(20)4;/h5-14,17,22-24,27H,1-4H3;1H4/q-2;. The molecule has 1 fully saturated rings. The second-order valence-electron chi connectivity index (χ2n) is 9.41. The number of H-pyrrole nitrogens is 1. The summed E-state index contributed by atoms with van der Waals surface area (Å²) in [5.74, 6) is -1.51. The number of allylic oxidation sites excluding steroid dienone is 1. The summed E-state index contributed by atoms with van der Waals surface area (Å²) in [4.78, 5) is 15.2. The summed E-state index contributed by atoms with van der Waals surface area (Å²) in [5, 5.41) is 29.6. The van der Waals surface area contributed by atoms with Gasteiger partial charge in [-0.05, 0) is 42.5 Å². The number of hydrogen-bond donors (Lipinski definition) is 1. The molecule has 1 aromatic heterocycles. The van der Waals surface area contributed by atoms with Gasteiger partial charge in [0.2, 0.25) is 0 Å². The Balaban J connectivity index is 0.00000259. The fourth-order valence-corrected chi connectivity index (χ4v) is 5.42. The minimum Gasteiger partial charge on any atom is -0.851 e. The van der Waals surface area contributed by atoms with Gasteiger partial charge >= 0.3 is 0 Å². The maximum absolute atomic E-state index is 13.3. The Kier molecular flexibility index (Phi) is 5.63. The number of anilines is 1. The van der Waals surface area contributed by atoms with E-state index >= 15 is 0 Å². The quantitative estimate of drug-likeness (QED) is 0.671. The molecule has 5 rings (SSSR count). The average molecular weight is 446 g/mol. The number of aromatic amines is 1. The summed E-state index contributed by atoms with van der Waals surface area (Å²) in [6.07, 6.45) is -0.433. The SMILES string of the molecule is C.Cc1[nH]n(-c2ccccc2)c(=O)c1C1C([O-])C(C=C2N(C)c3ccccc3C2(C)C)C1[O-]. The number of hydrogen-bond acceptors (Lipinski definition) is 4. The van der Waals surface area contributed by atoms with Crippen LogP contribution in [0.3, 0.4) is 0 Å². The van der Waals surface area contributed by atoms with Crippen molar-refractivity contribution >= 4 is 5.69 Å². The molecule has 1 N–H and O–H groups in total. The van der Waals surface area contributed by atoms with Crippen molar-refractivity contribution in [3.8, 4) is 5.69 Å². The molecule has 1 saturated carbocycles. The highest BCUT2D eigenvalue weighted by Gasteiger charge is 2.43. The van der Waals surface area contributed by atoms with E-state index < -0.39 is 24.0 Å². The first kappa shape index (κ1) is 23.1. The second kappa shape index (κ2) is 8.04. The molecule has 2 atom stereocenters. The van der Waals surface area contributed by atoms with Crippen LogP contribution in [-0.4, -0.2) is 29.0 Å². The predicted molar refractivity (Wildman–Crippen MR) is 128 cm³/mol. The normalized spacial score (nSPS) is 26.6. The lowest BCUT2D eigenvalue weighted by atomic mass is 9.65. The largest absolute Gasteiger partial charge is 0.851 e. The van der Waals surface area contributed by atoms with E-state index in [1.54, 1.807) is 6.92 Å². The third-order valence-electron chi connectivity index (χ3n) is 7.22. The van der Waals surface area contributed by atoms with Gasteiger partial charge in [0.05, 0.1) is 5.69 Å². The maximum atomic E-state index is 13.3. The number of rotatable bonds is 3. The number of nitrogens with zero attached hydrogens (tertiary/aromatic N) is 2. The Morgan fingerprint density at radius 1 is 1.00 bits per heavy atom. The van der Waals surface area contributed by atoms with Gasteiger partial charge < -0.3 is 15.1 Å². The highest BCUT2D eigenvalue weighted by molar-refractivity contribution is 5.69. The number of aryl methyl sites for hydroxylation is 1. The van der Waals surface area contributed by atoms with Crippen LogP contribution in [0.5, 0.6) is 0 Å². The lowest BCUT2D eigenvalue weighted by molar-refractivity contribution is -0.543. The zero-order chi connectivity index (χ0) is 22.8. The maximum Gasteiger partial charge on any atom is 0.274 e. The number of likely N-dealkylation sites (N-methyl/N-ethyl adjacent to an activating group) is 1. The molecule has 174 valence electrons. The van der Waals surface area contributed by atoms with Gasteiger partial charge in [0.1, 0.15) is 0 Å². The predicted octanol–water partition coefficient (Wildman–Crippen LogP) is 2.59. The van der Waals surface area contributed by atoms with Crippen LogP contribution >= 0.6 is 0 Å². The summed E-state index contributed by atoms with van der Waals surface area (Å²) >= 11 is 0. The van der Waals surface area contributed by atoms with Gasteiger partial charge in [-0.25, -0.2) is 4.68 Å². The van der Waals surface area contributed by atoms with Gasteiger partial charge in [-0.2, -0.15) is 0 Å². The lowest BCUT2D eigenvalue weighted by Crippen LogP contribution is -2.65. The van der Waals surface area contributed by atoms with Crippen LogP contribution in [-0.2, 0) is 5.41 Å². The molecule has 6 heteroatoms. The molecule has 2 aliphatic rings. The third-order valence-corrected chi connectivity index (χ3v) is 7.22. The Morgan fingerprint density at radius 3 is 2.24 bits per heavy atom. The molecule has 0 spiro atoms. The van der Waals surface area contributed by atoms with Crippen molar-refractivity contribution < 1.29 is 10.2 Å². The molecular weight excluding hydrogens is 414 g/mol. The number of benzene rings is 2. The van der Waals surface area contributed by atoms with E-state index in [2.05, 4.69) is 36.0 Å².